The molecule has 3 aromatic carbocycles. The van der Waals surface area contributed by atoms with Gasteiger partial charge in [-0.1, -0.05) is 24.3 Å². The van der Waals surface area contributed by atoms with Crippen molar-refractivity contribution >= 4 is 43.9 Å². The standard InChI is InChI=1S/C18H15N3O4S.Na/c1-12(22)19-18-11-16(26(23,24)25)9-13-7-8-15(10-17(13)18)21-20-14-5-3-2-4-6-14;/h2-11H,1H3,(H,19,22)(H,23,24,25);/q;+1/p-1. The second-order valence-electron chi connectivity index (χ2n) is 5.55. The molecule has 27 heavy (non-hydrogen) atoms. The van der Waals surface area contributed by atoms with Gasteiger partial charge in [-0.2, -0.15) is 10.2 Å². The minimum atomic E-state index is -4.65. The molecule has 1 amide bonds. The van der Waals surface area contributed by atoms with E-state index in [0.717, 1.165) is 6.07 Å². The molecule has 0 bridgehead atoms. The monoisotopic (exact) mass is 391 g/mol. The molecule has 0 heterocycles. The van der Waals surface area contributed by atoms with Gasteiger partial charge < -0.3 is 9.87 Å². The third kappa shape index (κ3) is 5.44. The maximum atomic E-state index is 11.4. The maximum Gasteiger partial charge on any atom is 1.00 e. The summed E-state index contributed by atoms with van der Waals surface area (Å²) in [5.74, 6) is -0.386. The Bertz CT molecular complexity index is 1120. The van der Waals surface area contributed by atoms with Gasteiger partial charge in [-0.25, -0.2) is 8.42 Å². The van der Waals surface area contributed by atoms with Crippen LogP contribution in [0.4, 0.5) is 17.1 Å². The number of benzene rings is 3. The van der Waals surface area contributed by atoms with E-state index in [1.165, 1.54) is 13.0 Å². The Balaban J connectivity index is 0.00000261. The molecular formula is C18H14N3NaO4S. The third-order valence-corrected chi connectivity index (χ3v) is 4.36. The first-order chi connectivity index (χ1) is 12.3. The van der Waals surface area contributed by atoms with Gasteiger partial charge in [0.2, 0.25) is 5.91 Å². The summed E-state index contributed by atoms with van der Waals surface area (Å²) in [4.78, 5) is 11.0. The van der Waals surface area contributed by atoms with Gasteiger partial charge in [0.1, 0.15) is 10.1 Å². The number of amides is 1. The molecule has 0 aliphatic heterocycles. The van der Waals surface area contributed by atoms with Crippen molar-refractivity contribution in [3.05, 3.63) is 60.7 Å². The van der Waals surface area contributed by atoms with Crippen molar-refractivity contribution in [1.29, 1.82) is 0 Å². The molecule has 7 nitrogen and oxygen atoms in total. The zero-order valence-corrected chi connectivity index (χ0v) is 17.5. The quantitative estimate of drug-likeness (QED) is 0.408. The molecule has 0 aliphatic carbocycles. The van der Waals surface area contributed by atoms with Gasteiger partial charge in [-0.3, -0.25) is 4.79 Å². The first-order valence-corrected chi connectivity index (χ1v) is 9.02. The van der Waals surface area contributed by atoms with Crippen LogP contribution in [0.25, 0.3) is 10.8 Å². The summed E-state index contributed by atoms with van der Waals surface area (Å²) in [6.45, 7) is 1.29. The normalized spacial score (nSPS) is 11.3. The number of carbonyl (C=O) groups excluding carboxylic acids is 1. The average molecular weight is 391 g/mol. The number of rotatable bonds is 4. The van der Waals surface area contributed by atoms with Crippen molar-refractivity contribution in [3.63, 3.8) is 0 Å². The van der Waals surface area contributed by atoms with Gasteiger partial charge in [-0.05, 0) is 41.8 Å². The van der Waals surface area contributed by atoms with Gasteiger partial charge in [0, 0.05) is 18.0 Å². The summed E-state index contributed by atoms with van der Waals surface area (Å²) in [6.07, 6.45) is 0. The number of hydrogen-bond donors (Lipinski definition) is 1. The molecule has 9 heteroatoms. The summed E-state index contributed by atoms with van der Waals surface area (Å²) in [5, 5.41) is 11.9. The summed E-state index contributed by atoms with van der Waals surface area (Å²) in [5.41, 5.74) is 1.43. The minimum absolute atomic E-state index is 0. The van der Waals surface area contributed by atoms with E-state index in [0.29, 0.717) is 22.1 Å². The van der Waals surface area contributed by atoms with Crippen LogP contribution in [0, 0.1) is 0 Å². The van der Waals surface area contributed by atoms with Crippen LogP contribution >= 0.6 is 0 Å². The molecule has 0 unspecified atom stereocenters. The van der Waals surface area contributed by atoms with Gasteiger partial charge in [-0.15, -0.1) is 0 Å². The number of fused-ring (bicyclic) bond motifs is 1. The first kappa shape index (κ1) is 21.2. The third-order valence-electron chi connectivity index (χ3n) is 3.55. The molecule has 0 spiro atoms. The number of carbonyl (C=O) groups is 1. The predicted molar refractivity (Wildman–Crippen MR) is 96.8 cm³/mol. The predicted octanol–water partition coefficient (Wildman–Crippen LogP) is 1.12. The Morgan fingerprint density at radius 1 is 0.963 bits per heavy atom. The smallest absolute Gasteiger partial charge is 0.744 e. The molecule has 1 N–H and O–H groups in total. The molecule has 3 rings (SSSR count). The van der Waals surface area contributed by atoms with E-state index in [1.54, 1.807) is 30.3 Å². The molecule has 0 radical (unpaired) electrons. The Hall–Kier alpha value is -2.10. The number of nitrogens with one attached hydrogen (secondary N) is 1. The van der Waals surface area contributed by atoms with Crippen LogP contribution in [0.1, 0.15) is 6.92 Å². The van der Waals surface area contributed by atoms with Gasteiger partial charge >= 0.3 is 29.6 Å². The van der Waals surface area contributed by atoms with Gasteiger partial charge in [0.15, 0.2) is 0 Å². The number of azo groups is 1. The van der Waals surface area contributed by atoms with Crippen LogP contribution in [-0.2, 0) is 14.9 Å². The minimum Gasteiger partial charge on any atom is -0.744 e. The van der Waals surface area contributed by atoms with Crippen molar-refractivity contribution in [2.45, 2.75) is 11.8 Å². The first-order valence-electron chi connectivity index (χ1n) is 7.61. The molecule has 0 fully saturated rings. The average Bonchev–Trinajstić information content (AvgIpc) is 2.59. The molecular weight excluding hydrogens is 377 g/mol. The summed E-state index contributed by atoms with van der Waals surface area (Å²) in [7, 11) is -4.65. The van der Waals surface area contributed by atoms with Crippen LogP contribution in [0.5, 0.6) is 0 Å². The van der Waals surface area contributed by atoms with Crippen molar-refractivity contribution in [2.24, 2.45) is 10.2 Å². The Morgan fingerprint density at radius 2 is 1.63 bits per heavy atom. The number of anilines is 1. The summed E-state index contributed by atoms with van der Waals surface area (Å²) in [6, 6.07) is 16.5. The van der Waals surface area contributed by atoms with E-state index in [4.69, 9.17) is 0 Å². The van der Waals surface area contributed by atoms with Crippen molar-refractivity contribution in [3.8, 4) is 0 Å². The van der Waals surface area contributed by atoms with Crippen LogP contribution in [0.15, 0.2) is 75.8 Å². The number of nitrogens with zero attached hydrogens (tertiary/aromatic N) is 2. The topological polar surface area (TPSA) is 111 Å². The SMILES string of the molecule is CC(=O)Nc1cc(S(=O)(=O)[O-])cc2ccc(N=Nc3ccccc3)cc12.[Na+]. The fourth-order valence-corrected chi connectivity index (χ4v) is 2.96. The van der Waals surface area contributed by atoms with Crippen LogP contribution in [-0.4, -0.2) is 18.9 Å². The molecule has 0 aliphatic rings. The molecule has 132 valence electrons. The van der Waals surface area contributed by atoms with E-state index in [9.17, 15) is 17.8 Å². The van der Waals surface area contributed by atoms with Gasteiger partial charge in [0.25, 0.3) is 0 Å². The van der Waals surface area contributed by atoms with Crippen LogP contribution in [0.2, 0.25) is 0 Å². The van der Waals surface area contributed by atoms with E-state index in [1.807, 2.05) is 18.2 Å². The summed E-state index contributed by atoms with van der Waals surface area (Å²) < 4.78 is 34.0. The summed E-state index contributed by atoms with van der Waals surface area (Å²) >= 11 is 0. The second kappa shape index (κ2) is 8.73. The second-order valence-corrected chi connectivity index (χ2v) is 6.93. The molecule has 0 atom stereocenters. The Labute approximate surface area is 178 Å². The van der Waals surface area contributed by atoms with E-state index in [-0.39, 0.29) is 41.2 Å². The zero-order chi connectivity index (χ0) is 18.7. The zero-order valence-electron chi connectivity index (χ0n) is 14.7. The maximum absolute atomic E-state index is 11.4. The number of hydrogen-bond acceptors (Lipinski definition) is 6. The van der Waals surface area contributed by atoms with E-state index in [2.05, 4.69) is 15.5 Å². The largest absolute Gasteiger partial charge is 1.00 e. The van der Waals surface area contributed by atoms with Crippen molar-refractivity contribution < 1.29 is 47.3 Å². The van der Waals surface area contributed by atoms with Crippen molar-refractivity contribution in [1.82, 2.24) is 0 Å². The molecule has 3 aromatic rings. The fraction of sp³-hybridized carbons (Fsp3) is 0.0556. The van der Waals surface area contributed by atoms with Crippen LogP contribution < -0.4 is 34.9 Å². The van der Waals surface area contributed by atoms with Crippen LogP contribution in [0.3, 0.4) is 0 Å². The molecule has 0 saturated heterocycles. The fourth-order valence-electron chi connectivity index (χ4n) is 2.43. The molecule has 0 saturated carbocycles. The Morgan fingerprint density at radius 3 is 2.26 bits per heavy atom. The van der Waals surface area contributed by atoms with Crippen molar-refractivity contribution in [2.75, 3.05) is 5.32 Å². The Kier molecular flexibility index (Phi) is 6.85. The van der Waals surface area contributed by atoms with Gasteiger partial charge in [0.05, 0.1) is 16.3 Å². The molecule has 0 aromatic heterocycles. The van der Waals surface area contributed by atoms with E-state index < -0.39 is 15.0 Å². The van der Waals surface area contributed by atoms with E-state index >= 15 is 0 Å².